The van der Waals surface area contributed by atoms with Crippen LogP contribution in [-0.4, -0.2) is 65.8 Å². The van der Waals surface area contributed by atoms with Crippen molar-refractivity contribution in [3.8, 4) is 0 Å². The van der Waals surface area contributed by atoms with Crippen molar-refractivity contribution in [2.45, 2.75) is 44.6 Å². The van der Waals surface area contributed by atoms with Crippen LogP contribution in [0.15, 0.2) is 0 Å². The fourth-order valence-electron chi connectivity index (χ4n) is 4.05. The SMILES string of the molecule is CN1C(=O)C(CC(=O)N2CCC3(CCCC3)C2)N(C)C1=O. The van der Waals surface area contributed by atoms with Crippen LogP contribution in [0.1, 0.15) is 38.5 Å². The minimum atomic E-state index is -0.630. The number of amides is 4. The molecule has 0 aromatic carbocycles. The van der Waals surface area contributed by atoms with Crippen molar-refractivity contribution in [3.05, 3.63) is 0 Å². The molecule has 0 radical (unpaired) electrons. The number of hydrogen-bond donors (Lipinski definition) is 0. The van der Waals surface area contributed by atoms with Crippen LogP contribution < -0.4 is 0 Å². The van der Waals surface area contributed by atoms with Crippen molar-refractivity contribution in [1.29, 1.82) is 0 Å². The van der Waals surface area contributed by atoms with Crippen LogP contribution in [-0.2, 0) is 9.59 Å². The van der Waals surface area contributed by atoms with Gasteiger partial charge in [0.05, 0.1) is 6.42 Å². The van der Waals surface area contributed by atoms with Gasteiger partial charge in [0.15, 0.2) is 0 Å². The summed E-state index contributed by atoms with van der Waals surface area (Å²) in [6.07, 6.45) is 6.18. The Morgan fingerprint density at radius 2 is 1.86 bits per heavy atom. The summed E-state index contributed by atoms with van der Waals surface area (Å²) in [6, 6.07) is -0.957. The van der Waals surface area contributed by atoms with E-state index < -0.39 is 6.04 Å². The second-order valence-corrected chi connectivity index (χ2v) is 6.78. The molecule has 21 heavy (non-hydrogen) atoms. The lowest BCUT2D eigenvalue weighted by Crippen LogP contribution is -2.39. The highest BCUT2D eigenvalue weighted by Gasteiger charge is 2.45. The van der Waals surface area contributed by atoms with E-state index in [4.69, 9.17) is 0 Å². The summed E-state index contributed by atoms with van der Waals surface area (Å²) in [5.41, 5.74) is 0.341. The highest BCUT2D eigenvalue weighted by molar-refractivity contribution is 6.05. The fraction of sp³-hybridized carbons (Fsp3) is 0.800. The van der Waals surface area contributed by atoms with Crippen molar-refractivity contribution in [3.63, 3.8) is 0 Å². The highest BCUT2D eigenvalue weighted by atomic mass is 16.2. The Labute approximate surface area is 125 Å². The molecule has 6 nitrogen and oxygen atoms in total. The highest BCUT2D eigenvalue weighted by Crippen LogP contribution is 2.45. The minimum absolute atomic E-state index is 0.00655. The van der Waals surface area contributed by atoms with E-state index in [-0.39, 0.29) is 24.3 Å². The molecule has 2 heterocycles. The first-order chi connectivity index (χ1) is 9.93. The van der Waals surface area contributed by atoms with E-state index in [1.807, 2.05) is 4.90 Å². The number of carbonyl (C=O) groups is 3. The number of hydrogen-bond acceptors (Lipinski definition) is 3. The minimum Gasteiger partial charge on any atom is -0.342 e. The third-order valence-corrected chi connectivity index (χ3v) is 5.50. The maximum Gasteiger partial charge on any atom is 0.326 e. The van der Waals surface area contributed by atoms with Crippen LogP contribution in [0, 0.1) is 5.41 Å². The zero-order valence-corrected chi connectivity index (χ0v) is 12.8. The molecular formula is C15H23N3O3. The third kappa shape index (κ3) is 2.30. The predicted octanol–water partition coefficient (Wildman–Crippen LogP) is 1.06. The van der Waals surface area contributed by atoms with Crippen molar-refractivity contribution in [2.24, 2.45) is 5.41 Å². The van der Waals surface area contributed by atoms with Crippen LogP contribution in [0.4, 0.5) is 4.79 Å². The van der Waals surface area contributed by atoms with Gasteiger partial charge in [0.2, 0.25) is 5.91 Å². The Bertz CT molecular complexity index is 485. The molecule has 3 rings (SSSR count). The van der Waals surface area contributed by atoms with Gasteiger partial charge in [0.25, 0.3) is 5.91 Å². The first kappa shape index (κ1) is 14.4. The molecule has 1 aliphatic carbocycles. The summed E-state index contributed by atoms with van der Waals surface area (Å²) in [6.45, 7) is 1.63. The number of carbonyl (C=O) groups excluding carboxylic acids is 3. The van der Waals surface area contributed by atoms with E-state index in [0.717, 1.165) is 24.4 Å². The van der Waals surface area contributed by atoms with Gasteiger partial charge < -0.3 is 9.80 Å². The quantitative estimate of drug-likeness (QED) is 0.715. The lowest BCUT2D eigenvalue weighted by molar-refractivity contribution is -0.136. The molecule has 6 heteroatoms. The van der Waals surface area contributed by atoms with Crippen LogP contribution >= 0.6 is 0 Å². The van der Waals surface area contributed by atoms with Crippen LogP contribution in [0.25, 0.3) is 0 Å². The van der Waals surface area contributed by atoms with Gasteiger partial charge in [-0.05, 0) is 24.7 Å². The summed E-state index contributed by atoms with van der Waals surface area (Å²) in [7, 11) is 3.05. The van der Waals surface area contributed by atoms with Crippen LogP contribution in [0.3, 0.4) is 0 Å². The molecule has 1 unspecified atom stereocenters. The predicted molar refractivity (Wildman–Crippen MR) is 76.4 cm³/mol. The Kier molecular flexibility index (Phi) is 3.42. The Hall–Kier alpha value is -1.59. The molecule has 1 atom stereocenters. The number of likely N-dealkylation sites (N-methyl/N-ethyl adjacent to an activating group) is 2. The van der Waals surface area contributed by atoms with Gasteiger partial charge >= 0.3 is 6.03 Å². The molecular weight excluding hydrogens is 270 g/mol. The summed E-state index contributed by atoms with van der Waals surface area (Å²) in [5, 5.41) is 0. The van der Waals surface area contributed by atoms with Crippen molar-refractivity contribution in [2.75, 3.05) is 27.2 Å². The number of rotatable bonds is 2. The van der Waals surface area contributed by atoms with Crippen LogP contribution in [0.2, 0.25) is 0 Å². The summed E-state index contributed by atoms with van der Waals surface area (Å²) < 4.78 is 0. The van der Waals surface area contributed by atoms with Gasteiger partial charge in [-0.3, -0.25) is 14.5 Å². The summed E-state index contributed by atoms with van der Waals surface area (Å²) in [4.78, 5) is 40.6. The van der Waals surface area contributed by atoms with Gasteiger partial charge in [0.1, 0.15) is 6.04 Å². The van der Waals surface area contributed by atoms with E-state index in [0.29, 0.717) is 5.41 Å². The van der Waals surface area contributed by atoms with Gasteiger partial charge in [0, 0.05) is 27.2 Å². The fourth-order valence-corrected chi connectivity index (χ4v) is 4.05. The Morgan fingerprint density at radius 3 is 2.43 bits per heavy atom. The lowest BCUT2D eigenvalue weighted by Gasteiger charge is -2.24. The molecule has 0 aromatic heterocycles. The van der Waals surface area contributed by atoms with E-state index in [2.05, 4.69) is 0 Å². The van der Waals surface area contributed by atoms with Gasteiger partial charge in [-0.2, -0.15) is 0 Å². The first-order valence-corrected chi connectivity index (χ1v) is 7.76. The monoisotopic (exact) mass is 293 g/mol. The van der Waals surface area contributed by atoms with Gasteiger partial charge in [-0.25, -0.2) is 4.79 Å². The zero-order valence-electron chi connectivity index (χ0n) is 12.8. The normalized spacial score (nSPS) is 28.3. The molecule has 0 bridgehead atoms. The molecule has 2 saturated heterocycles. The average Bonchev–Trinajstić information content (AvgIpc) is 3.15. The topological polar surface area (TPSA) is 60.9 Å². The van der Waals surface area contributed by atoms with Gasteiger partial charge in [-0.15, -0.1) is 0 Å². The molecule has 1 spiro atoms. The number of likely N-dealkylation sites (tertiary alicyclic amines) is 1. The van der Waals surface area contributed by atoms with Crippen molar-refractivity contribution >= 4 is 17.8 Å². The number of urea groups is 1. The van der Waals surface area contributed by atoms with E-state index in [1.165, 1.54) is 37.6 Å². The molecule has 1 saturated carbocycles. The second kappa shape index (κ2) is 5.00. The molecule has 3 aliphatic rings. The number of imide groups is 1. The molecule has 116 valence electrons. The van der Waals surface area contributed by atoms with Crippen molar-refractivity contribution < 1.29 is 14.4 Å². The second-order valence-electron chi connectivity index (χ2n) is 6.78. The smallest absolute Gasteiger partial charge is 0.326 e. The Balaban J connectivity index is 1.62. The average molecular weight is 293 g/mol. The standard InChI is InChI=1S/C15H23N3O3/c1-16-11(13(20)17(2)14(16)21)9-12(19)18-8-7-15(10-18)5-3-4-6-15/h11H,3-10H2,1-2H3. The zero-order chi connectivity index (χ0) is 15.2. The maximum atomic E-state index is 12.5. The van der Waals surface area contributed by atoms with Crippen LogP contribution in [0.5, 0.6) is 0 Å². The van der Waals surface area contributed by atoms with E-state index in [9.17, 15) is 14.4 Å². The third-order valence-electron chi connectivity index (χ3n) is 5.50. The van der Waals surface area contributed by atoms with E-state index in [1.54, 1.807) is 7.05 Å². The molecule has 0 aromatic rings. The summed E-state index contributed by atoms with van der Waals surface area (Å²) in [5.74, 6) is -0.266. The van der Waals surface area contributed by atoms with Gasteiger partial charge in [-0.1, -0.05) is 12.8 Å². The lowest BCUT2D eigenvalue weighted by atomic mass is 9.86. The Morgan fingerprint density at radius 1 is 1.19 bits per heavy atom. The molecule has 0 N–H and O–H groups in total. The van der Waals surface area contributed by atoms with E-state index >= 15 is 0 Å². The largest absolute Gasteiger partial charge is 0.342 e. The van der Waals surface area contributed by atoms with Crippen molar-refractivity contribution in [1.82, 2.24) is 14.7 Å². The molecule has 3 fully saturated rings. The molecule has 2 aliphatic heterocycles. The number of nitrogens with zero attached hydrogens (tertiary/aromatic N) is 3. The summed E-state index contributed by atoms with van der Waals surface area (Å²) >= 11 is 0. The molecule has 4 amide bonds. The first-order valence-electron chi connectivity index (χ1n) is 7.76. The maximum absolute atomic E-state index is 12.5.